The molecule has 1 heterocycles. The number of aliphatic hydroxyl groups is 1. The van der Waals surface area contributed by atoms with E-state index in [1.807, 2.05) is 18.7 Å². The minimum absolute atomic E-state index is 0.137. The summed E-state index contributed by atoms with van der Waals surface area (Å²) in [7, 11) is 0. The molecule has 0 radical (unpaired) electrons. The first-order chi connectivity index (χ1) is 11.0. The van der Waals surface area contributed by atoms with Crippen LogP contribution in [0.1, 0.15) is 53.4 Å². The van der Waals surface area contributed by atoms with Crippen LogP contribution in [-0.2, 0) is 4.79 Å². The van der Waals surface area contributed by atoms with Gasteiger partial charge in [-0.1, -0.05) is 20.8 Å². The molecule has 23 heavy (non-hydrogen) atoms. The van der Waals surface area contributed by atoms with Gasteiger partial charge in [-0.15, -0.1) is 0 Å². The van der Waals surface area contributed by atoms with Crippen molar-refractivity contribution < 1.29 is 9.90 Å². The van der Waals surface area contributed by atoms with Crippen LogP contribution in [0.5, 0.6) is 0 Å². The molecule has 6 nitrogen and oxygen atoms in total. The number of rotatable bonds is 8. The van der Waals surface area contributed by atoms with Crippen LogP contribution in [0.2, 0.25) is 0 Å². The molecule has 0 aliphatic carbocycles. The topological polar surface area (TPSA) is 77.0 Å². The number of carbonyl (C=O) groups is 1. The Morgan fingerprint density at radius 3 is 2.52 bits per heavy atom. The van der Waals surface area contributed by atoms with E-state index in [4.69, 9.17) is 0 Å². The smallest absolute Gasteiger partial charge is 0.222 e. The van der Waals surface area contributed by atoms with Crippen molar-refractivity contribution >= 4 is 11.9 Å². The van der Waals surface area contributed by atoms with Crippen molar-refractivity contribution in [2.45, 2.75) is 59.4 Å². The van der Waals surface area contributed by atoms with Gasteiger partial charge in [0, 0.05) is 37.5 Å². The zero-order chi connectivity index (χ0) is 17.3. The van der Waals surface area contributed by atoms with E-state index >= 15 is 0 Å². The van der Waals surface area contributed by atoms with Crippen LogP contribution in [0.25, 0.3) is 0 Å². The molecule has 1 saturated heterocycles. The first-order valence-corrected chi connectivity index (χ1v) is 8.97. The zero-order valence-corrected chi connectivity index (χ0v) is 15.2. The summed E-state index contributed by atoms with van der Waals surface area (Å²) >= 11 is 0. The van der Waals surface area contributed by atoms with E-state index in [9.17, 15) is 9.90 Å². The van der Waals surface area contributed by atoms with Crippen LogP contribution in [0, 0.1) is 5.41 Å². The molecule has 0 bridgehead atoms. The molecule has 1 aliphatic rings. The van der Waals surface area contributed by atoms with Crippen LogP contribution < -0.4 is 10.6 Å². The number of nitrogens with one attached hydrogen (secondary N) is 2. The highest BCUT2D eigenvalue weighted by Crippen LogP contribution is 2.25. The highest BCUT2D eigenvalue weighted by Gasteiger charge is 2.27. The Morgan fingerprint density at radius 1 is 1.30 bits per heavy atom. The summed E-state index contributed by atoms with van der Waals surface area (Å²) in [6, 6.07) is 0.245. The molecule has 1 fully saturated rings. The largest absolute Gasteiger partial charge is 0.396 e. The Bertz CT molecular complexity index is 386. The molecule has 3 N–H and O–H groups in total. The third-order valence-electron chi connectivity index (χ3n) is 4.94. The molecule has 1 aliphatic heterocycles. The molecule has 0 saturated carbocycles. The summed E-state index contributed by atoms with van der Waals surface area (Å²) in [6.07, 6.45) is 3.33. The van der Waals surface area contributed by atoms with E-state index < -0.39 is 0 Å². The Morgan fingerprint density at radius 2 is 2.00 bits per heavy atom. The highest BCUT2D eigenvalue weighted by atomic mass is 16.3. The minimum atomic E-state index is -0.137. The average Bonchev–Trinajstić information content (AvgIpc) is 3.04. The summed E-state index contributed by atoms with van der Waals surface area (Å²) in [5.74, 6) is 0.996. The Kier molecular flexibility index (Phi) is 8.37. The zero-order valence-electron chi connectivity index (χ0n) is 15.2. The number of carbonyl (C=O) groups excluding carboxylic acids is 1. The summed E-state index contributed by atoms with van der Waals surface area (Å²) < 4.78 is 0. The Balaban J connectivity index is 2.65. The summed E-state index contributed by atoms with van der Waals surface area (Å²) in [4.78, 5) is 18.4. The normalized spacial score (nSPS) is 19.1. The first kappa shape index (κ1) is 19.7. The van der Waals surface area contributed by atoms with Crippen molar-refractivity contribution in [2.75, 3.05) is 32.8 Å². The lowest BCUT2D eigenvalue weighted by Gasteiger charge is -2.28. The van der Waals surface area contributed by atoms with Crippen molar-refractivity contribution in [3.8, 4) is 0 Å². The third-order valence-corrected chi connectivity index (χ3v) is 4.94. The van der Waals surface area contributed by atoms with E-state index in [1.165, 1.54) is 0 Å². The molecule has 1 amide bonds. The third kappa shape index (κ3) is 5.68. The fourth-order valence-corrected chi connectivity index (χ4v) is 2.84. The van der Waals surface area contributed by atoms with E-state index in [0.717, 1.165) is 44.9 Å². The van der Waals surface area contributed by atoms with Crippen LogP contribution in [-0.4, -0.2) is 60.7 Å². The van der Waals surface area contributed by atoms with Gasteiger partial charge in [-0.25, -0.2) is 0 Å². The second kappa shape index (κ2) is 9.75. The molecule has 1 unspecified atom stereocenters. The van der Waals surface area contributed by atoms with Gasteiger partial charge in [0.2, 0.25) is 5.91 Å². The molecule has 0 aromatic rings. The first-order valence-electron chi connectivity index (χ1n) is 8.97. The lowest BCUT2D eigenvalue weighted by Crippen LogP contribution is -2.45. The molecule has 0 aromatic carbocycles. The van der Waals surface area contributed by atoms with Gasteiger partial charge in [-0.3, -0.25) is 9.79 Å². The van der Waals surface area contributed by atoms with Crippen LogP contribution in [0.4, 0.5) is 0 Å². The van der Waals surface area contributed by atoms with E-state index in [-0.39, 0.29) is 24.0 Å². The lowest BCUT2D eigenvalue weighted by molar-refractivity contribution is -0.129. The highest BCUT2D eigenvalue weighted by molar-refractivity contribution is 5.80. The number of nitrogens with zero attached hydrogens (tertiary/aromatic N) is 2. The van der Waals surface area contributed by atoms with Gasteiger partial charge in [0.15, 0.2) is 5.96 Å². The van der Waals surface area contributed by atoms with Crippen molar-refractivity contribution in [3.63, 3.8) is 0 Å². The second-order valence-corrected chi connectivity index (χ2v) is 6.38. The second-order valence-electron chi connectivity index (χ2n) is 6.38. The predicted octanol–water partition coefficient (Wildman–Crippen LogP) is 1.35. The number of amides is 1. The average molecular weight is 326 g/mol. The molecular weight excluding hydrogens is 292 g/mol. The molecular formula is C17H34N4O2. The quantitative estimate of drug-likeness (QED) is 0.465. The molecule has 134 valence electrons. The standard InChI is InChI=1S/C17H34N4O2/c1-5-15(23)21-10-9-14(11-21)20-16(18-8-4)19-12-17(6-2,7-3)13-22/h14,22H,5-13H2,1-4H3,(H2,18,19,20). The molecule has 0 spiro atoms. The van der Waals surface area contributed by atoms with Gasteiger partial charge in [0.1, 0.15) is 0 Å². The van der Waals surface area contributed by atoms with Gasteiger partial charge in [-0.2, -0.15) is 0 Å². The Hall–Kier alpha value is -1.30. The van der Waals surface area contributed by atoms with Gasteiger partial charge in [0.25, 0.3) is 0 Å². The Labute approximate surface area is 140 Å². The van der Waals surface area contributed by atoms with Gasteiger partial charge in [-0.05, 0) is 26.2 Å². The van der Waals surface area contributed by atoms with Crippen LogP contribution in [0.3, 0.4) is 0 Å². The van der Waals surface area contributed by atoms with Gasteiger partial charge in [0.05, 0.1) is 13.2 Å². The van der Waals surface area contributed by atoms with Gasteiger partial charge < -0.3 is 20.6 Å². The summed E-state index contributed by atoms with van der Waals surface area (Å²) in [6.45, 7) is 11.2. The van der Waals surface area contributed by atoms with Crippen molar-refractivity contribution in [2.24, 2.45) is 10.4 Å². The summed E-state index contributed by atoms with van der Waals surface area (Å²) in [5, 5.41) is 16.4. The number of likely N-dealkylation sites (tertiary alicyclic amines) is 1. The van der Waals surface area contributed by atoms with Gasteiger partial charge >= 0.3 is 0 Å². The molecule has 1 rings (SSSR count). The maximum absolute atomic E-state index is 11.8. The van der Waals surface area contributed by atoms with Crippen LogP contribution >= 0.6 is 0 Å². The van der Waals surface area contributed by atoms with Crippen LogP contribution in [0.15, 0.2) is 4.99 Å². The maximum Gasteiger partial charge on any atom is 0.222 e. The minimum Gasteiger partial charge on any atom is -0.396 e. The molecule has 6 heteroatoms. The number of hydrogen-bond donors (Lipinski definition) is 3. The van der Waals surface area contributed by atoms with E-state index in [0.29, 0.717) is 13.0 Å². The number of hydrogen-bond acceptors (Lipinski definition) is 3. The number of aliphatic hydroxyl groups excluding tert-OH is 1. The fourth-order valence-electron chi connectivity index (χ4n) is 2.84. The summed E-state index contributed by atoms with van der Waals surface area (Å²) in [5.41, 5.74) is -0.137. The predicted molar refractivity (Wildman–Crippen MR) is 94.5 cm³/mol. The SMILES string of the molecule is CCNC(=NCC(CC)(CC)CO)NC1CCN(C(=O)CC)C1. The van der Waals surface area contributed by atoms with E-state index in [1.54, 1.807) is 0 Å². The van der Waals surface area contributed by atoms with Crippen molar-refractivity contribution in [1.29, 1.82) is 0 Å². The molecule has 0 aromatic heterocycles. The number of guanidine groups is 1. The fraction of sp³-hybridized carbons (Fsp3) is 0.882. The van der Waals surface area contributed by atoms with Crippen molar-refractivity contribution in [1.82, 2.24) is 15.5 Å². The lowest BCUT2D eigenvalue weighted by atomic mass is 9.83. The number of aliphatic imine (C=N–C) groups is 1. The maximum atomic E-state index is 11.8. The monoisotopic (exact) mass is 326 g/mol. The van der Waals surface area contributed by atoms with E-state index in [2.05, 4.69) is 29.5 Å². The molecule has 1 atom stereocenters. The van der Waals surface area contributed by atoms with Crippen molar-refractivity contribution in [3.05, 3.63) is 0 Å².